The maximum absolute atomic E-state index is 13.7. The molecular weight excluding hydrogens is 222 g/mol. The Balaban J connectivity index is 2.28. The second-order valence-electron chi connectivity index (χ2n) is 6.45. The molecule has 1 aliphatic carbocycles. The van der Waals surface area contributed by atoms with Crippen LogP contribution in [-0.4, -0.2) is 19.1 Å². The lowest BCUT2D eigenvalue weighted by Gasteiger charge is -2.30. The summed E-state index contributed by atoms with van der Waals surface area (Å²) >= 11 is 0. The van der Waals surface area contributed by atoms with Crippen molar-refractivity contribution in [3.63, 3.8) is 0 Å². The summed E-state index contributed by atoms with van der Waals surface area (Å²) in [5, 5.41) is 0. The first-order chi connectivity index (χ1) is 7.72. The van der Waals surface area contributed by atoms with Crippen LogP contribution in [0.3, 0.4) is 0 Å². The molecule has 0 spiro atoms. The molecule has 17 heavy (non-hydrogen) atoms. The molecule has 0 radical (unpaired) electrons. The summed E-state index contributed by atoms with van der Waals surface area (Å²) in [7, 11) is 0. The van der Waals surface area contributed by atoms with Crippen LogP contribution in [0.1, 0.15) is 59.8 Å². The average molecular weight is 248 g/mol. The van der Waals surface area contributed by atoms with Crippen LogP contribution >= 0.6 is 0 Å². The standard InChI is InChI=1S/C14H26F2O/c1-5-17-11-13(9-10-13)7-6-8-14(15,16)12(2,3)4/h5-11H2,1-4H3. The minimum absolute atomic E-state index is 0.00434. The summed E-state index contributed by atoms with van der Waals surface area (Å²) in [6, 6.07) is 0. The Morgan fingerprint density at radius 3 is 2.18 bits per heavy atom. The van der Waals surface area contributed by atoms with Crippen molar-refractivity contribution in [2.24, 2.45) is 10.8 Å². The fourth-order valence-electron chi connectivity index (χ4n) is 2.02. The van der Waals surface area contributed by atoms with E-state index < -0.39 is 11.3 Å². The largest absolute Gasteiger partial charge is 0.381 e. The van der Waals surface area contributed by atoms with Crippen molar-refractivity contribution in [1.29, 1.82) is 0 Å². The number of hydrogen-bond acceptors (Lipinski definition) is 1. The van der Waals surface area contributed by atoms with Gasteiger partial charge in [0.25, 0.3) is 5.92 Å². The normalized spacial score (nSPS) is 19.4. The fourth-order valence-corrected chi connectivity index (χ4v) is 2.02. The van der Waals surface area contributed by atoms with Crippen LogP contribution in [0.25, 0.3) is 0 Å². The lowest BCUT2D eigenvalue weighted by Crippen LogP contribution is -2.33. The van der Waals surface area contributed by atoms with Crippen LogP contribution in [0.2, 0.25) is 0 Å². The first-order valence-electron chi connectivity index (χ1n) is 6.68. The first-order valence-corrected chi connectivity index (χ1v) is 6.68. The van der Waals surface area contributed by atoms with Crippen molar-refractivity contribution < 1.29 is 13.5 Å². The molecule has 0 aromatic rings. The highest BCUT2D eigenvalue weighted by molar-refractivity contribution is 4.93. The van der Waals surface area contributed by atoms with Gasteiger partial charge in [-0.05, 0) is 38.0 Å². The van der Waals surface area contributed by atoms with Crippen molar-refractivity contribution in [2.75, 3.05) is 13.2 Å². The van der Waals surface area contributed by atoms with Crippen molar-refractivity contribution in [1.82, 2.24) is 0 Å². The lowest BCUT2D eigenvalue weighted by molar-refractivity contribution is -0.105. The Morgan fingerprint density at radius 1 is 1.18 bits per heavy atom. The van der Waals surface area contributed by atoms with Gasteiger partial charge in [0.15, 0.2) is 0 Å². The maximum atomic E-state index is 13.7. The van der Waals surface area contributed by atoms with Gasteiger partial charge < -0.3 is 4.74 Å². The second kappa shape index (κ2) is 5.21. The zero-order valence-corrected chi connectivity index (χ0v) is 11.6. The Bertz CT molecular complexity index is 239. The van der Waals surface area contributed by atoms with Gasteiger partial charge in [-0.15, -0.1) is 0 Å². The molecular formula is C14H26F2O. The van der Waals surface area contributed by atoms with Crippen molar-refractivity contribution in [2.45, 2.75) is 65.7 Å². The lowest BCUT2D eigenvalue weighted by atomic mass is 9.84. The average Bonchev–Trinajstić information content (AvgIpc) is 2.94. The Morgan fingerprint density at radius 2 is 1.76 bits per heavy atom. The molecule has 3 heteroatoms. The molecule has 102 valence electrons. The van der Waals surface area contributed by atoms with Gasteiger partial charge in [0, 0.05) is 18.4 Å². The number of hydrogen-bond donors (Lipinski definition) is 0. The van der Waals surface area contributed by atoms with Gasteiger partial charge in [-0.2, -0.15) is 0 Å². The summed E-state index contributed by atoms with van der Waals surface area (Å²) in [6.45, 7) is 8.29. The van der Waals surface area contributed by atoms with E-state index >= 15 is 0 Å². The number of halogens is 2. The summed E-state index contributed by atoms with van der Waals surface area (Å²) in [5.41, 5.74) is -0.687. The molecule has 1 aliphatic rings. The molecule has 0 atom stereocenters. The van der Waals surface area contributed by atoms with Crippen LogP contribution in [0.4, 0.5) is 8.78 Å². The van der Waals surface area contributed by atoms with E-state index in [1.807, 2.05) is 6.92 Å². The van der Waals surface area contributed by atoms with E-state index in [1.165, 1.54) is 0 Å². The summed E-state index contributed by atoms with van der Waals surface area (Å²) in [4.78, 5) is 0. The minimum Gasteiger partial charge on any atom is -0.381 e. The summed E-state index contributed by atoms with van der Waals surface area (Å²) < 4.78 is 32.9. The van der Waals surface area contributed by atoms with Gasteiger partial charge in [0.05, 0.1) is 6.61 Å². The van der Waals surface area contributed by atoms with E-state index in [9.17, 15) is 8.78 Å². The molecule has 1 rings (SSSR count). The van der Waals surface area contributed by atoms with E-state index in [1.54, 1.807) is 20.8 Å². The highest BCUT2D eigenvalue weighted by Gasteiger charge is 2.45. The van der Waals surface area contributed by atoms with Crippen molar-refractivity contribution in [3.05, 3.63) is 0 Å². The molecule has 0 N–H and O–H groups in total. The highest BCUT2D eigenvalue weighted by atomic mass is 19.3. The third kappa shape index (κ3) is 4.20. The van der Waals surface area contributed by atoms with Crippen molar-refractivity contribution >= 4 is 0 Å². The van der Waals surface area contributed by atoms with E-state index in [4.69, 9.17) is 4.74 Å². The fraction of sp³-hybridized carbons (Fsp3) is 1.00. The Hall–Kier alpha value is -0.180. The van der Waals surface area contributed by atoms with Gasteiger partial charge in [0.2, 0.25) is 0 Å². The molecule has 0 unspecified atom stereocenters. The Labute approximate surface area is 104 Å². The Kier molecular flexibility index (Phi) is 4.56. The van der Waals surface area contributed by atoms with E-state index in [0.29, 0.717) is 6.42 Å². The van der Waals surface area contributed by atoms with E-state index in [-0.39, 0.29) is 11.8 Å². The first kappa shape index (κ1) is 14.9. The number of ether oxygens (including phenoxy) is 1. The highest BCUT2D eigenvalue weighted by Crippen LogP contribution is 2.51. The quantitative estimate of drug-likeness (QED) is 0.637. The van der Waals surface area contributed by atoms with Crippen LogP contribution in [0.5, 0.6) is 0 Å². The van der Waals surface area contributed by atoms with Crippen LogP contribution < -0.4 is 0 Å². The van der Waals surface area contributed by atoms with E-state index in [2.05, 4.69) is 0 Å². The zero-order valence-electron chi connectivity index (χ0n) is 11.6. The second-order valence-corrected chi connectivity index (χ2v) is 6.45. The van der Waals surface area contributed by atoms with Crippen LogP contribution in [0.15, 0.2) is 0 Å². The summed E-state index contributed by atoms with van der Waals surface area (Å²) in [5.74, 6) is -2.56. The molecule has 0 saturated heterocycles. The molecule has 1 saturated carbocycles. The molecule has 0 aromatic heterocycles. The summed E-state index contributed by atoms with van der Waals surface area (Å²) in [6.07, 6.45) is 3.79. The molecule has 0 heterocycles. The van der Waals surface area contributed by atoms with Gasteiger partial charge in [-0.3, -0.25) is 0 Å². The topological polar surface area (TPSA) is 9.23 Å². The third-order valence-corrected chi connectivity index (χ3v) is 3.86. The molecule has 1 fully saturated rings. The smallest absolute Gasteiger partial charge is 0.252 e. The van der Waals surface area contributed by atoms with Crippen LogP contribution in [-0.2, 0) is 4.74 Å². The number of rotatable bonds is 7. The number of alkyl halides is 2. The van der Waals surface area contributed by atoms with Gasteiger partial charge >= 0.3 is 0 Å². The minimum atomic E-state index is -2.56. The maximum Gasteiger partial charge on any atom is 0.252 e. The van der Waals surface area contributed by atoms with Crippen molar-refractivity contribution in [3.8, 4) is 0 Å². The van der Waals surface area contributed by atoms with Gasteiger partial charge in [-0.1, -0.05) is 20.8 Å². The monoisotopic (exact) mass is 248 g/mol. The molecule has 0 amide bonds. The molecule has 1 nitrogen and oxygen atoms in total. The predicted octanol–water partition coefficient (Wildman–Crippen LogP) is 4.65. The molecule has 0 aliphatic heterocycles. The zero-order chi connectivity index (χ0) is 13.2. The SMILES string of the molecule is CCOCC1(CCCC(F)(F)C(C)(C)C)CC1. The van der Waals surface area contributed by atoms with Gasteiger partial charge in [-0.25, -0.2) is 8.78 Å². The predicted molar refractivity (Wildman–Crippen MR) is 66.4 cm³/mol. The van der Waals surface area contributed by atoms with E-state index in [0.717, 1.165) is 32.5 Å². The van der Waals surface area contributed by atoms with Crippen LogP contribution in [0, 0.1) is 10.8 Å². The van der Waals surface area contributed by atoms with Gasteiger partial charge in [0.1, 0.15) is 0 Å². The third-order valence-electron chi connectivity index (χ3n) is 3.86. The molecule has 0 aromatic carbocycles. The molecule has 0 bridgehead atoms.